The molecule has 4 heterocycles. The molecule has 2 aliphatic heterocycles. The Labute approximate surface area is 222 Å². The van der Waals surface area contributed by atoms with Crippen molar-refractivity contribution in [2.75, 3.05) is 38.6 Å². The van der Waals surface area contributed by atoms with Gasteiger partial charge in [-0.3, -0.25) is 0 Å². The lowest BCUT2D eigenvalue weighted by Crippen LogP contribution is -3.08. The number of likely N-dealkylation sites (tertiary alicyclic amines) is 2. The lowest BCUT2D eigenvalue weighted by molar-refractivity contribution is -0.902. The second kappa shape index (κ2) is 10.3. The van der Waals surface area contributed by atoms with Gasteiger partial charge in [0, 0.05) is 47.8 Å². The van der Waals surface area contributed by atoms with Gasteiger partial charge in [0.2, 0.25) is 5.88 Å². The molecule has 2 aromatic carbocycles. The van der Waals surface area contributed by atoms with Gasteiger partial charge in [0.1, 0.15) is 24.4 Å². The van der Waals surface area contributed by atoms with Gasteiger partial charge in [-0.1, -0.05) is 11.6 Å². The number of halogens is 1. The summed E-state index contributed by atoms with van der Waals surface area (Å²) in [6, 6.07) is 13.7. The normalized spacial score (nSPS) is 16.7. The highest BCUT2D eigenvalue weighted by Gasteiger charge is 2.23. The van der Waals surface area contributed by atoms with Crippen LogP contribution in [0, 0.1) is 0 Å². The average Bonchev–Trinajstić information content (AvgIpc) is 3.61. The van der Waals surface area contributed by atoms with Crippen molar-refractivity contribution in [2.45, 2.75) is 38.8 Å². The average molecular weight is 520 g/mol. The number of aromatic nitrogens is 2. The molecule has 0 bridgehead atoms. The van der Waals surface area contributed by atoms with Crippen LogP contribution in [0.5, 0.6) is 11.6 Å². The zero-order valence-corrected chi connectivity index (χ0v) is 22.0. The molecule has 2 fully saturated rings. The maximum Gasteiger partial charge on any atom is 0.213 e. The van der Waals surface area contributed by atoms with Gasteiger partial charge >= 0.3 is 0 Å². The zero-order valence-electron chi connectivity index (χ0n) is 21.2. The van der Waals surface area contributed by atoms with Crippen LogP contribution in [0.4, 0.5) is 11.4 Å². The Balaban J connectivity index is 1.47. The Morgan fingerprint density at radius 1 is 0.865 bits per heavy atom. The molecule has 2 aliphatic rings. The Bertz CT molecular complexity index is 1410. The van der Waals surface area contributed by atoms with E-state index in [1.807, 2.05) is 30.3 Å². The number of phenolic OH excluding ortho intramolecular Hbond substituents is 1. The standard InChI is InChI=1S/C29H32ClN5O2/c1-37-26-9-8-24-28(33-26)27(23-7-6-21(30)16-25(23)32-24)31-22-14-19(17-34-10-2-3-11-34)29(36)20(15-22)18-35-12-4-5-13-35/h6-9,14-16,36H,2-5,10-13,17-18H2,1H3,(H,31,32)/p+2. The number of methoxy groups -OCH3 is 1. The predicted molar refractivity (Wildman–Crippen MR) is 147 cm³/mol. The second-order valence-electron chi connectivity index (χ2n) is 10.4. The van der Waals surface area contributed by atoms with E-state index in [1.165, 1.54) is 35.5 Å². The van der Waals surface area contributed by atoms with Gasteiger partial charge in [-0.15, -0.1) is 0 Å². The van der Waals surface area contributed by atoms with E-state index in [4.69, 9.17) is 26.3 Å². The molecule has 0 atom stereocenters. The SMILES string of the molecule is COc1ccc2nc3cc(Cl)ccc3c(Nc3cc(C[NH+]4CCCC4)c(O)c(C[NH+]4CCCC4)c3)c2n1. The summed E-state index contributed by atoms with van der Waals surface area (Å²) in [6.45, 7) is 6.32. The third-order valence-electron chi connectivity index (χ3n) is 7.80. The predicted octanol–water partition coefficient (Wildman–Crippen LogP) is 3.25. The summed E-state index contributed by atoms with van der Waals surface area (Å²) in [4.78, 5) is 12.6. The molecule has 0 unspecified atom stereocenters. The third kappa shape index (κ3) is 5.04. The molecular weight excluding hydrogens is 486 g/mol. The molecule has 0 amide bonds. The van der Waals surface area contributed by atoms with E-state index in [0.29, 0.717) is 16.7 Å². The molecule has 192 valence electrons. The fourth-order valence-electron chi connectivity index (χ4n) is 5.90. The Morgan fingerprint density at radius 3 is 2.14 bits per heavy atom. The zero-order chi connectivity index (χ0) is 25.4. The summed E-state index contributed by atoms with van der Waals surface area (Å²) in [5.74, 6) is 0.994. The number of quaternary nitrogens is 2. The number of fused-ring (bicyclic) bond motifs is 2. The monoisotopic (exact) mass is 519 g/mol. The van der Waals surface area contributed by atoms with E-state index in [9.17, 15) is 5.11 Å². The Morgan fingerprint density at radius 2 is 1.51 bits per heavy atom. The summed E-state index contributed by atoms with van der Waals surface area (Å²) >= 11 is 6.32. The second-order valence-corrected chi connectivity index (χ2v) is 10.8. The molecule has 0 spiro atoms. The van der Waals surface area contributed by atoms with Gasteiger partial charge in [0.15, 0.2) is 0 Å². The van der Waals surface area contributed by atoms with E-state index in [1.54, 1.807) is 7.11 Å². The molecule has 37 heavy (non-hydrogen) atoms. The molecule has 6 rings (SSSR count). The number of hydrogen-bond donors (Lipinski definition) is 4. The fourth-order valence-corrected chi connectivity index (χ4v) is 6.07. The van der Waals surface area contributed by atoms with E-state index < -0.39 is 0 Å². The van der Waals surface area contributed by atoms with Crippen LogP contribution in [0.15, 0.2) is 42.5 Å². The minimum atomic E-state index is 0.459. The van der Waals surface area contributed by atoms with Crippen LogP contribution in [-0.4, -0.2) is 48.4 Å². The van der Waals surface area contributed by atoms with Gasteiger partial charge < -0.3 is 25.0 Å². The van der Waals surface area contributed by atoms with Gasteiger partial charge in [0.05, 0.1) is 61.1 Å². The fraction of sp³-hybridized carbons (Fsp3) is 0.379. The molecule has 0 saturated carbocycles. The number of aromatic hydroxyl groups is 1. The first-order chi connectivity index (χ1) is 18.1. The lowest BCUT2D eigenvalue weighted by Gasteiger charge is -2.20. The first-order valence-electron chi connectivity index (χ1n) is 13.3. The van der Waals surface area contributed by atoms with Crippen molar-refractivity contribution in [3.05, 3.63) is 58.6 Å². The number of hydrogen-bond acceptors (Lipinski definition) is 5. The van der Waals surface area contributed by atoms with Crippen molar-refractivity contribution in [3.8, 4) is 11.6 Å². The van der Waals surface area contributed by atoms with Crippen LogP contribution in [0.25, 0.3) is 21.9 Å². The van der Waals surface area contributed by atoms with Crippen molar-refractivity contribution in [1.82, 2.24) is 9.97 Å². The van der Waals surface area contributed by atoms with Crippen LogP contribution >= 0.6 is 11.6 Å². The highest BCUT2D eigenvalue weighted by molar-refractivity contribution is 6.31. The third-order valence-corrected chi connectivity index (χ3v) is 8.04. The van der Waals surface area contributed by atoms with Gasteiger partial charge in [-0.2, -0.15) is 0 Å². The van der Waals surface area contributed by atoms with Crippen molar-refractivity contribution < 1.29 is 19.6 Å². The number of nitrogens with zero attached hydrogens (tertiary/aromatic N) is 2. The largest absolute Gasteiger partial charge is 0.507 e. The van der Waals surface area contributed by atoms with Gasteiger partial charge in [-0.25, -0.2) is 9.97 Å². The number of rotatable bonds is 7. The van der Waals surface area contributed by atoms with Gasteiger partial charge in [-0.05, 0) is 36.4 Å². The molecule has 4 aromatic rings. The highest BCUT2D eigenvalue weighted by atomic mass is 35.5. The van der Waals surface area contributed by atoms with Crippen LogP contribution in [0.2, 0.25) is 5.02 Å². The molecule has 8 heteroatoms. The van der Waals surface area contributed by atoms with Crippen LogP contribution in [0.3, 0.4) is 0 Å². The first kappa shape index (κ1) is 24.2. The van der Waals surface area contributed by atoms with E-state index in [-0.39, 0.29) is 0 Å². The minimum absolute atomic E-state index is 0.459. The number of phenols is 1. The number of benzene rings is 2. The maximum absolute atomic E-state index is 11.3. The van der Waals surface area contributed by atoms with Crippen LogP contribution in [0.1, 0.15) is 36.8 Å². The number of pyridine rings is 2. The summed E-state index contributed by atoms with van der Waals surface area (Å²) < 4.78 is 5.43. The molecule has 7 nitrogen and oxygen atoms in total. The minimum Gasteiger partial charge on any atom is -0.507 e. The van der Waals surface area contributed by atoms with E-state index >= 15 is 0 Å². The number of ether oxygens (including phenoxy) is 1. The summed E-state index contributed by atoms with van der Waals surface area (Å²) in [6.07, 6.45) is 5.02. The maximum atomic E-state index is 11.3. The van der Waals surface area contributed by atoms with E-state index in [2.05, 4.69) is 17.4 Å². The molecule has 4 N–H and O–H groups in total. The van der Waals surface area contributed by atoms with E-state index in [0.717, 1.165) is 83.7 Å². The van der Waals surface area contributed by atoms with Crippen molar-refractivity contribution in [3.63, 3.8) is 0 Å². The number of anilines is 2. The topological polar surface area (TPSA) is 76.1 Å². The van der Waals surface area contributed by atoms with Gasteiger partial charge in [0.25, 0.3) is 0 Å². The smallest absolute Gasteiger partial charge is 0.213 e. The summed E-state index contributed by atoms with van der Waals surface area (Å²) in [5.41, 5.74) is 6.13. The first-order valence-corrected chi connectivity index (χ1v) is 13.7. The lowest BCUT2D eigenvalue weighted by atomic mass is 10.0. The van der Waals surface area contributed by atoms with Crippen LogP contribution < -0.4 is 19.9 Å². The quantitative estimate of drug-likeness (QED) is 0.223. The van der Waals surface area contributed by atoms with Crippen molar-refractivity contribution in [2.24, 2.45) is 0 Å². The molecule has 2 aromatic heterocycles. The van der Waals surface area contributed by atoms with Crippen molar-refractivity contribution in [1.29, 1.82) is 0 Å². The molecule has 0 radical (unpaired) electrons. The molecular formula is C29H34ClN5O2+2. The molecule has 2 saturated heterocycles. The summed E-state index contributed by atoms with van der Waals surface area (Å²) in [7, 11) is 1.62. The summed E-state index contributed by atoms with van der Waals surface area (Å²) in [5, 5.41) is 16.6. The number of nitrogens with one attached hydrogen (secondary N) is 3. The van der Waals surface area contributed by atoms with Crippen LogP contribution in [-0.2, 0) is 13.1 Å². The Hall–Kier alpha value is -3.13. The molecule has 0 aliphatic carbocycles. The highest BCUT2D eigenvalue weighted by Crippen LogP contribution is 2.36. The van der Waals surface area contributed by atoms with Crippen molar-refractivity contribution >= 4 is 44.9 Å². The Kier molecular flexibility index (Phi) is 6.76.